The van der Waals surface area contributed by atoms with E-state index in [-0.39, 0.29) is 17.6 Å². The Hall–Kier alpha value is -3.57. The predicted molar refractivity (Wildman–Crippen MR) is 115 cm³/mol. The molecule has 0 radical (unpaired) electrons. The SMILES string of the molecule is COc1cc(C(F)(F)F)ccc1O[C@@H](c1ccccc1)[C@@H]1CNCCO1.O=C(O)/C=C/C(=O)O. The van der Waals surface area contributed by atoms with Gasteiger partial charge in [0.1, 0.15) is 6.10 Å². The van der Waals surface area contributed by atoms with Crippen molar-refractivity contribution in [1.29, 1.82) is 0 Å². The lowest BCUT2D eigenvalue weighted by atomic mass is 10.0. The van der Waals surface area contributed by atoms with Crippen LogP contribution in [0.3, 0.4) is 0 Å². The number of hydrogen-bond acceptors (Lipinski definition) is 6. The first-order valence-electron chi connectivity index (χ1n) is 10.0. The van der Waals surface area contributed by atoms with Crippen LogP contribution in [0.15, 0.2) is 60.7 Å². The monoisotopic (exact) mass is 483 g/mol. The molecule has 1 saturated heterocycles. The number of morpholine rings is 1. The number of ether oxygens (including phenoxy) is 3. The molecule has 1 fully saturated rings. The van der Waals surface area contributed by atoms with Crippen molar-refractivity contribution in [3.8, 4) is 11.5 Å². The summed E-state index contributed by atoms with van der Waals surface area (Å²) in [5.74, 6) is -2.24. The molecule has 1 aliphatic heterocycles. The fourth-order valence-corrected chi connectivity index (χ4v) is 3.00. The van der Waals surface area contributed by atoms with E-state index < -0.39 is 29.8 Å². The largest absolute Gasteiger partial charge is 0.493 e. The van der Waals surface area contributed by atoms with E-state index in [4.69, 9.17) is 24.4 Å². The highest BCUT2D eigenvalue weighted by atomic mass is 19.4. The molecule has 0 unspecified atom stereocenters. The zero-order valence-electron chi connectivity index (χ0n) is 18.1. The van der Waals surface area contributed by atoms with Crippen molar-refractivity contribution in [3.05, 3.63) is 71.8 Å². The van der Waals surface area contributed by atoms with Crippen molar-refractivity contribution in [1.82, 2.24) is 5.32 Å². The Morgan fingerprint density at radius 3 is 2.24 bits per heavy atom. The van der Waals surface area contributed by atoms with Crippen molar-refractivity contribution in [2.75, 3.05) is 26.8 Å². The van der Waals surface area contributed by atoms with E-state index >= 15 is 0 Å². The van der Waals surface area contributed by atoms with Gasteiger partial charge in [-0.3, -0.25) is 0 Å². The molecule has 0 aliphatic carbocycles. The van der Waals surface area contributed by atoms with Crippen LogP contribution in [0.1, 0.15) is 17.2 Å². The van der Waals surface area contributed by atoms with E-state index in [0.717, 1.165) is 24.2 Å². The van der Waals surface area contributed by atoms with Gasteiger partial charge >= 0.3 is 18.1 Å². The summed E-state index contributed by atoms with van der Waals surface area (Å²) >= 11 is 0. The van der Waals surface area contributed by atoms with E-state index in [2.05, 4.69) is 5.32 Å². The van der Waals surface area contributed by atoms with Gasteiger partial charge in [0.15, 0.2) is 17.6 Å². The summed E-state index contributed by atoms with van der Waals surface area (Å²) in [5.41, 5.74) is 0.0942. The number of alkyl halides is 3. The number of nitrogens with one attached hydrogen (secondary N) is 1. The summed E-state index contributed by atoms with van der Waals surface area (Å²) in [7, 11) is 1.32. The highest BCUT2D eigenvalue weighted by molar-refractivity contribution is 5.89. The van der Waals surface area contributed by atoms with Gasteiger partial charge in [0.05, 0.1) is 19.3 Å². The molecule has 2 aromatic carbocycles. The van der Waals surface area contributed by atoms with Crippen molar-refractivity contribution in [2.45, 2.75) is 18.4 Å². The van der Waals surface area contributed by atoms with E-state index in [0.29, 0.717) is 25.3 Å². The van der Waals surface area contributed by atoms with Crippen molar-refractivity contribution >= 4 is 11.9 Å². The number of benzene rings is 2. The van der Waals surface area contributed by atoms with Gasteiger partial charge in [0, 0.05) is 25.2 Å². The quantitative estimate of drug-likeness (QED) is 0.513. The van der Waals surface area contributed by atoms with Crippen LogP contribution in [0.2, 0.25) is 0 Å². The minimum atomic E-state index is -4.44. The molecular weight excluding hydrogens is 459 g/mol. The summed E-state index contributed by atoms with van der Waals surface area (Å²) in [6.07, 6.45) is -4.07. The number of carboxylic acid groups (broad SMARTS) is 2. The second kappa shape index (κ2) is 12.6. The van der Waals surface area contributed by atoms with Gasteiger partial charge in [0.2, 0.25) is 0 Å². The maximum absolute atomic E-state index is 12.9. The first-order valence-corrected chi connectivity index (χ1v) is 10.0. The number of aliphatic carboxylic acids is 2. The third-order valence-corrected chi connectivity index (χ3v) is 4.54. The second-order valence-corrected chi connectivity index (χ2v) is 6.94. The lowest BCUT2D eigenvalue weighted by Gasteiger charge is -2.32. The van der Waals surface area contributed by atoms with Gasteiger partial charge in [-0.05, 0) is 23.8 Å². The average Bonchev–Trinajstić information content (AvgIpc) is 2.82. The topological polar surface area (TPSA) is 114 Å². The standard InChI is InChI=1S/C19H20F3NO3.C4H4O4/c1-24-16-11-14(19(20,21)22)7-8-15(16)26-18(13-5-3-2-4-6-13)17-12-23-9-10-25-17;5-3(6)1-2-4(7)8/h2-8,11,17-18,23H,9-10,12H2,1H3;1-2H,(H,5,6)(H,7,8)/b;2-1+/t17-,18-;/m0./s1. The lowest BCUT2D eigenvalue weighted by Crippen LogP contribution is -2.43. The van der Waals surface area contributed by atoms with Crippen LogP contribution in [0, 0.1) is 0 Å². The zero-order valence-corrected chi connectivity index (χ0v) is 18.1. The van der Waals surface area contributed by atoms with Gasteiger partial charge in [0.25, 0.3) is 0 Å². The Morgan fingerprint density at radius 2 is 1.74 bits per heavy atom. The smallest absolute Gasteiger partial charge is 0.416 e. The molecule has 0 spiro atoms. The van der Waals surface area contributed by atoms with E-state index in [1.165, 1.54) is 13.2 Å². The fraction of sp³-hybridized carbons (Fsp3) is 0.304. The van der Waals surface area contributed by atoms with Crippen LogP contribution < -0.4 is 14.8 Å². The van der Waals surface area contributed by atoms with Crippen LogP contribution in [-0.2, 0) is 20.5 Å². The normalized spacial score (nSPS) is 16.8. The molecule has 0 amide bonds. The summed E-state index contributed by atoms with van der Waals surface area (Å²) in [5, 5.41) is 18.9. The van der Waals surface area contributed by atoms with Crippen LogP contribution in [0.5, 0.6) is 11.5 Å². The minimum absolute atomic E-state index is 0.0320. The number of carboxylic acids is 2. The Bertz CT molecular complexity index is 958. The van der Waals surface area contributed by atoms with Gasteiger partial charge in [-0.1, -0.05) is 30.3 Å². The Balaban J connectivity index is 0.000000440. The number of rotatable bonds is 7. The molecule has 34 heavy (non-hydrogen) atoms. The van der Waals surface area contributed by atoms with Crippen LogP contribution >= 0.6 is 0 Å². The molecule has 1 aliphatic rings. The molecule has 184 valence electrons. The first-order chi connectivity index (χ1) is 16.1. The molecule has 3 N–H and O–H groups in total. The van der Waals surface area contributed by atoms with Crippen molar-refractivity contribution in [2.24, 2.45) is 0 Å². The number of hydrogen-bond donors (Lipinski definition) is 3. The second-order valence-electron chi connectivity index (χ2n) is 6.94. The molecule has 0 saturated carbocycles. The molecule has 1 heterocycles. The maximum Gasteiger partial charge on any atom is 0.416 e. The number of halogens is 3. The molecule has 11 heteroatoms. The van der Waals surface area contributed by atoms with E-state index in [1.807, 2.05) is 30.3 Å². The van der Waals surface area contributed by atoms with E-state index in [1.54, 1.807) is 0 Å². The Morgan fingerprint density at radius 1 is 1.09 bits per heavy atom. The summed E-state index contributed by atoms with van der Waals surface area (Å²) < 4.78 is 55.8. The molecule has 0 bridgehead atoms. The molecule has 0 aromatic heterocycles. The van der Waals surface area contributed by atoms with Crippen LogP contribution in [0.25, 0.3) is 0 Å². The van der Waals surface area contributed by atoms with E-state index in [9.17, 15) is 22.8 Å². The van der Waals surface area contributed by atoms with Crippen molar-refractivity contribution in [3.63, 3.8) is 0 Å². The molecule has 2 atom stereocenters. The van der Waals surface area contributed by atoms with Crippen LogP contribution in [-0.4, -0.2) is 55.1 Å². The van der Waals surface area contributed by atoms with Gasteiger partial charge in [-0.2, -0.15) is 13.2 Å². The number of carbonyl (C=O) groups is 2. The predicted octanol–water partition coefficient (Wildman–Crippen LogP) is 3.53. The first kappa shape index (κ1) is 26.7. The van der Waals surface area contributed by atoms with Gasteiger partial charge in [-0.15, -0.1) is 0 Å². The minimum Gasteiger partial charge on any atom is -0.493 e. The number of methoxy groups -OCH3 is 1. The van der Waals surface area contributed by atoms with Crippen molar-refractivity contribution < 1.29 is 47.2 Å². The van der Waals surface area contributed by atoms with Gasteiger partial charge < -0.3 is 29.7 Å². The third kappa shape index (κ3) is 8.41. The zero-order chi connectivity index (χ0) is 25.1. The Kier molecular flexibility index (Phi) is 9.90. The maximum atomic E-state index is 12.9. The average molecular weight is 483 g/mol. The van der Waals surface area contributed by atoms with Gasteiger partial charge in [-0.25, -0.2) is 9.59 Å². The third-order valence-electron chi connectivity index (χ3n) is 4.54. The van der Waals surface area contributed by atoms with Crippen LogP contribution in [0.4, 0.5) is 13.2 Å². The summed E-state index contributed by atoms with van der Waals surface area (Å²) in [6.45, 7) is 1.88. The molecule has 3 rings (SSSR count). The molecule has 8 nitrogen and oxygen atoms in total. The fourth-order valence-electron chi connectivity index (χ4n) is 3.00. The highest BCUT2D eigenvalue weighted by Crippen LogP contribution is 2.38. The molecular formula is C23H24F3NO7. The summed E-state index contributed by atoms with van der Waals surface area (Å²) in [6, 6.07) is 12.7. The summed E-state index contributed by atoms with van der Waals surface area (Å²) in [4.78, 5) is 19.1. The lowest BCUT2D eigenvalue weighted by molar-refractivity contribution is -0.137. The molecule has 2 aromatic rings. The highest BCUT2D eigenvalue weighted by Gasteiger charge is 2.33. The Labute approximate surface area is 193 Å².